The summed E-state index contributed by atoms with van der Waals surface area (Å²) in [5.74, 6) is 0.569. The zero-order valence-electron chi connectivity index (χ0n) is 12.8. The molecule has 6 nitrogen and oxygen atoms in total. The Kier molecular flexibility index (Phi) is 3.92. The summed E-state index contributed by atoms with van der Waals surface area (Å²) in [5, 5.41) is 4.85. The average molecular weight is 337 g/mol. The molecule has 4 rings (SSSR count). The Bertz CT molecular complexity index is 851. The predicted octanol–water partition coefficient (Wildman–Crippen LogP) is 2.20. The monoisotopic (exact) mass is 337 g/mol. The third kappa shape index (κ3) is 2.85. The fraction of sp³-hybridized carbons (Fsp3) is 0.176. The number of hydrogen-bond donors (Lipinski definition) is 1. The lowest BCUT2D eigenvalue weighted by atomic mass is 10.1. The molecule has 1 N–H and O–H groups in total. The van der Waals surface area contributed by atoms with Crippen molar-refractivity contribution in [1.29, 1.82) is 0 Å². The van der Waals surface area contributed by atoms with Gasteiger partial charge in [-0.1, -0.05) is 6.07 Å². The van der Waals surface area contributed by atoms with Gasteiger partial charge in [-0.05, 0) is 23.6 Å². The smallest absolute Gasteiger partial charge is 0.239 e. The van der Waals surface area contributed by atoms with Gasteiger partial charge in [0.25, 0.3) is 0 Å². The van der Waals surface area contributed by atoms with Gasteiger partial charge in [0.15, 0.2) is 0 Å². The summed E-state index contributed by atoms with van der Waals surface area (Å²) in [6.45, 7) is 1.60. The Balaban J connectivity index is 1.80. The number of carbonyl (C=O) groups is 1. The minimum atomic E-state index is -0.00453. The fourth-order valence-corrected chi connectivity index (χ4v) is 3.41. The van der Waals surface area contributed by atoms with Crippen LogP contribution in [0, 0.1) is 0 Å². The normalized spacial score (nSPS) is 14.5. The van der Waals surface area contributed by atoms with Crippen molar-refractivity contribution in [3.63, 3.8) is 0 Å². The largest absolute Gasteiger partial charge is 0.353 e. The van der Waals surface area contributed by atoms with E-state index < -0.39 is 0 Å². The second kappa shape index (κ2) is 6.37. The van der Waals surface area contributed by atoms with Crippen molar-refractivity contribution in [3.8, 4) is 21.7 Å². The summed E-state index contributed by atoms with van der Waals surface area (Å²) in [4.78, 5) is 28.1. The molecule has 0 atom stereocenters. The Morgan fingerprint density at radius 2 is 2.17 bits per heavy atom. The topological polar surface area (TPSA) is 71.0 Å². The zero-order valence-corrected chi connectivity index (χ0v) is 13.7. The quantitative estimate of drug-likeness (QED) is 0.793. The predicted molar refractivity (Wildman–Crippen MR) is 93.8 cm³/mol. The number of rotatable bonds is 3. The maximum atomic E-state index is 11.6. The summed E-state index contributed by atoms with van der Waals surface area (Å²) in [6, 6.07) is 7.94. The third-order valence-corrected chi connectivity index (χ3v) is 4.72. The third-order valence-electron chi connectivity index (χ3n) is 3.82. The minimum absolute atomic E-state index is 0.00453. The number of aromatic nitrogens is 3. The molecule has 1 saturated heterocycles. The van der Waals surface area contributed by atoms with E-state index in [1.165, 1.54) is 0 Å². The Morgan fingerprint density at radius 3 is 2.92 bits per heavy atom. The highest BCUT2D eigenvalue weighted by molar-refractivity contribution is 7.13. The Labute approximate surface area is 143 Å². The lowest BCUT2D eigenvalue weighted by Crippen LogP contribution is -2.48. The molecule has 0 unspecified atom stereocenters. The van der Waals surface area contributed by atoms with E-state index in [1.807, 2.05) is 34.7 Å². The van der Waals surface area contributed by atoms with E-state index in [0.717, 1.165) is 21.7 Å². The number of piperazine rings is 1. The van der Waals surface area contributed by atoms with Gasteiger partial charge >= 0.3 is 0 Å². The van der Waals surface area contributed by atoms with E-state index in [4.69, 9.17) is 4.98 Å². The van der Waals surface area contributed by atoms with Gasteiger partial charge in [0.2, 0.25) is 11.9 Å². The molecule has 0 spiro atoms. The van der Waals surface area contributed by atoms with E-state index in [1.54, 1.807) is 23.7 Å². The van der Waals surface area contributed by atoms with E-state index >= 15 is 0 Å². The molecule has 1 aliphatic heterocycles. The van der Waals surface area contributed by atoms with Gasteiger partial charge in [-0.3, -0.25) is 9.78 Å². The van der Waals surface area contributed by atoms with E-state index in [9.17, 15) is 4.79 Å². The lowest BCUT2D eigenvalue weighted by Gasteiger charge is -2.27. The average Bonchev–Trinajstić information content (AvgIpc) is 3.16. The molecule has 120 valence electrons. The molecule has 1 amide bonds. The maximum absolute atomic E-state index is 11.6. The number of amides is 1. The van der Waals surface area contributed by atoms with Gasteiger partial charge in [-0.25, -0.2) is 9.97 Å². The van der Waals surface area contributed by atoms with E-state index in [0.29, 0.717) is 19.0 Å². The van der Waals surface area contributed by atoms with Gasteiger partial charge in [0.1, 0.15) is 0 Å². The molecule has 1 aliphatic rings. The second-order valence-electron chi connectivity index (χ2n) is 5.42. The molecule has 0 aliphatic carbocycles. The highest BCUT2D eigenvalue weighted by Gasteiger charge is 2.21. The molecule has 0 aromatic carbocycles. The summed E-state index contributed by atoms with van der Waals surface area (Å²) in [7, 11) is 0. The molecule has 0 radical (unpaired) electrons. The molecule has 3 aromatic rings. The van der Waals surface area contributed by atoms with Crippen LogP contribution in [0.2, 0.25) is 0 Å². The van der Waals surface area contributed by atoms with Crippen molar-refractivity contribution >= 4 is 23.2 Å². The highest BCUT2D eigenvalue weighted by atomic mass is 32.1. The second-order valence-corrected chi connectivity index (χ2v) is 6.37. The van der Waals surface area contributed by atoms with Crippen LogP contribution in [0.5, 0.6) is 0 Å². The molecule has 3 aromatic heterocycles. The van der Waals surface area contributed by atoms with E-state index in [-0.39, 0.29) is 12.5 Å². The molecule has 24 heavy (non-hydrogen) atoms. The molecule has 4 heterocycles. The van der Waals surface area contributed by atoms with Crippen LogP contribution in [0.15, 0.2) is 48.2 Å². The molecule has 0 saturated carbocycles. The van der Waals surface area contributed by atoms with Gasteiger partial charge in [0, 0.05) is 47.7 Å². The lowest BCUT2D eigenvalue weighted by molar-refractivity contribution is -0.120. The van der Waals surface area contributed by atoms with Gasteiger partial charge in [-0.2, -0.15) is 0 Å². The SMILES string of the molecule is O=C1CN(c2ncc(-c3cccs3)c(-c3cccnc3)n2)CCN1. The first kappa shape index (κ1) is 14.8. The number of anilines is 1. The van der Waals surface area contributed by atoms with Crippen LogP contribution in [0.4, 0.5) is 5.95 Å². The van der Waals surface area contributed by atoms with Gasteiger partial charge in [0.05, 0.1) is 12.2 Å². The Morgan fingerprint density at radius 1 is 1.21 bits per heavy atom. The first-order valence-electron chi connectivity index (χ1n) is 7.64. The van der Waals surface area contributed by atoms with Crippen molar-refractivity contribution in [3.05, 3.63) is 48.2 Å². The van der Waals surface area contributed by atoms with Crippen LogP contribution in [0.3, 0.4) is 0 Å². The summed E-state index contributed by atoms with van der Waals surface area (Å²) < 4.78 is 0. The van der Waals surface area contributed by atoms with Crippen molar-refractivity contribution in [2.24, 2.45) is 0 Å². The first-order valence-corrected chi connectivity index (χ1v) is 8.52. The van der Waals surface area contributed by atoms with Crippen molar-refractivity contribution in [2.75, 3.05) is 24.5 Å². The van der Waals surface area contributed by atoms with Crippen LogP contribution in [-0.4, -0.2) is 40.5 Å². The van der Waals surface area contributed by atoms with Crippen molar-refractivity contribution < 1.29 is 4.79 Å². The van der Waals surface area contributed by atoms with Crippen molar-refractivity contribution in [2.45, 2.75) is 0 Å². The summed E-state index contributed by atoms with van der Waals surface area (Å²) in [5.41, 5.74) is 2.75. The van der Waals surface area contributed by atoms with Crippen LogP contribution in [-0.2, 0) is 4.79 Å². The summed E-state index contributed by atoms with van der Waals surface area (Å²) >= 11 is 1.65. The molecule has 1 fully saturated rings. The molecular weight excluding hydrogens is 322 g/mol. The standard InChI is InChI=1S/C17H15N5OS/c23-15-11-22(7-6-19-15)17-20-10-13(14-4-2-8-24-14)16(21-17)12-3-1-5-18-9-12/h1-5,8-10H,6-7,11H2,(H,19,23). The molecule has 0 bridgehead atoms. The number of thiophene rings is 1. The minimum Gasteiger partial charge on any atom is -0.353 e. The summed E-state index contributed by atoms with van der Waals surface area (Å²) in [6.07, 6.45) is 5.38. The maximum Gasteiger partial charge on any atom is 0.239 e. The van der Waals surface area contributed by atoms with Crippen molar-refractivity contribution in [1.82, 2.24) is 20.3 Å². The number of pyridine rings is 1. The highest BCUT2D eigenvalue weighted by Crippen LogP contribution is 2.33. The van der Waals surface area contributed by atoms with Gasteiger partial charge in [-0.15, -0.1) is 11.3 Å². The molecule has 7 heteroatoms. The van der Waals surface area contributed by atoms with Gasteiger partial charge < -0.3 is 10.2 Å². The number of hydrogen-bond acceptors (Lipinski definition) is 6. The van der Waals surface area contributed by atoms with Crippen LogP contribution < -0.4 is 10.2 Å². The Hall–Kier alpha value is -2.80. The fourth-order valence-electron chi connectivity index (χ4n) is 2.67. The van der Waals surface area contributed by atoms with Crippen LogP contribution >= 0.6 is 11.3 Å². The first-order chi connectivity index (χ1) is 11.8. The molecular formula is C17H15N5OS. The van der Waals surface area contributed by atoms with Crippen LogP contribution in [0.1, 0.15) is 0 Å². The van der Waals surface area contributed by atoms with Crippen LogP contribution in [0.25, 0.3) is 21.7 Å². The number of carbonyl (C=O) groups excluding carboxylic acids is 1. The number of nitrogens with zero attached hydrogens (tertiary/aromatic N) is 4. The number of nitrogens with one attached hydrogen (secondary N) is 1. The van der Waals surface area contributed by atoms with E-state index in [2.05, 4.69) is 21.4 Å². The zero-order chi connectivity index (χ0) is 16.4.